The van der Waals surface area contributed by atoms with Gasteiger partial charge in [0.15, 0.2) is 0 Å². The van der Waals surface area contributed by atoms with Crippen molar-refractivity contribution in [3.8, 4) is 0 Å². The van der Waals surface area contributed by atoms with Gasteiger partial charge in [-0.2, -0.15) is 0 Å². The molecular formula is C27H48La2O12. The van der Waals surface area contributed by atoms with Crippen molar-refractivity contribution >= 4 is 35.8 Å². The molecule has 0 fully saturated rings. The minimum Gasteiger partial charge on any atom is -0.481 e. The summed E-state index contributed by atoms with van der Waals surface area (Å²) in [6.07, 6.45) is 13.6. The Morgan fingerprint density at radius 1 is 0.244 bits per heavy atom. The second kappa shape index (κ2) is 39.2. The van der Waals surface area contributed by atoms with Crippen molar-refractivity contribution in [1.29, 1.82) is 0 Å². The summed E-state index contributed by atoms with van der Waals surface area (Å²) in [7, 11) is 0. The minimum atomic E-state index is -0.759. The van der Waals surface area contributed by atoms with Crippen molar-refractivity contribution in [2.24, 2.45) is 0 Å². The maximum Gasteiger partial charge on any atom is 0.303 e. The topological polar surface area (TPSA) is 224 Å². The summed E-state index contributed by atoms with van der Waals surface area (Å²) in [6.45, 7) is 0. The van der Waals surface area contributed by atoms with Gasteiger partial charge in [-0.05, 0) is 38.5 Å². The van der Waals surface area contributed by atoms with Crippen molar-refractivity contribution < 1.29 is 131 Å². The largest absolute Gasteiger partial charge is 0.481 e. The third-order valence-electron chi connectivity index (χ3n) is 5.34. The maximum absolute atomic E-state index is 10.1. The fraction of sp³-hybridized carbons (Fsp3) is 0.778. The molecule has 0 saturated heterocycles. The normalized spacial score (nSPS) is 9.37. The molecular weight excluding hydrogens is 794 g/mol. The Morgan fingerprint density at radius 3 is 0.439 bits per heavy atom. The zero-order chi connectivity index (χ0) is 30.3. The van der Waals surface area contributed by atoms with Gasteiger partial charge in [0, 0.05) is 110 Å². The molecule has 41 heavy (non-hydrogen) atoms. The Morgan fingerprint density at radius 2 is 0.341 bits per heavy atom. The van der Waals surface area contributed by atoms with Crippen LogP contribution in [0.25, 0.3) is 0 Å². The summed E-state index contributed by atoms with van der Waals surface area (Å²) in [5.41, 5.74) is 0. The number of hydrogen-bond acceptors (Lipinski definition) is 6. The molecule has 12 nitrogen and oxygen atoms in total. The molecule has 0 spiro atoms. The third kappa shape index (κ3) is 63.6. The van der Waals surface area contributed by atoms with Crippen LogP contribution >= 0.6 is 0 Å². The zero-order valence-electron chi connectivity index (χ0n) is 24.1. The van der Waals surface area contributed by atoms with Gasteiger partial charge in [-0.25, -0.2) is 0 Å². The van der Waals surface area contributed by atoms with E-state index in [9.17, 15) is 28.8 Å². The Labute approximate surface area is 298 Å². The van der Waals surface area contributed by atoms with Crippen molar-refractivity contribution in [1.82, 2.24) is 0 Å². The molecule has 0 saturated carbocycles. The van der Waals surface area contributed by atoms with Gasteiger partial charge in [-0.3, -0.25) is 28.8 Å². The third-order valence-corrected chi connectivity index (χ3v) is 5.34. The van der Waals surface area contributed by atoms with E-state index in [0.717, 1.165) is 57.8 Å². The molecule has 0 rings (SSSR count). The van der Waals surface area contributed by atoms with Crippen LogP contribution in [-0.4, -0.2) is 66.5 Å². The van der Waals surface area contributed by atoms with E-state index in [1.165, 1.54) is 0 Å². The Balaban J connectivity index is -0.000000154. The van der Waals surface area contributed by atoms with Gasteiger partial charge >= 0.3 is 35.8 Å². The van der Waals surface area contributed by atoms with E-state index in [1.54, 1.807) is 0 Å². The Hall–Kier alpha value is -0.790. The van der Waals surface area contributed by atoms with Crippen LogP contribution in [0.1, 0.15) is 135 Å². The van der Waals surface area contributed by atoms with Gasteiger partial charge in [0.05, 0.1) is 0 Å². The fourth-order valence-corrected chi connectivity index (χ4v) is 3.25. The van der Waals surface area contributed by atoms with Gasteiger partial charge < -0.3 is 30.6 Å². The predicted molar refractivity (Wildman–Crippen MR) is 143 cm³/mol. The minimum absolute atomic E-state index is 0. The van der Waals surface area contributed by atoms with E-state index >= 15 is 0 Å². The molecule has 0 amide bonds. The maximum atomic E-state index is 10.1. The second-order valence-corrected chi connectivity index (χ2v) is 9.17. The van der Waals surface area contributed by atoms with Crippen LogP contribution in [0.2, 0.25) is 0 Å². The molecule has 0 aliphatic carbocycles. The van der Waals surface area contributed by atoms with Gasteiger partial charge in [-0.15, -0.1) is 0 Å². The average molecular weight is 842 g/mol. The number of carboxylic acid groups (broad SMARTS) is 6. The molecule has 0 heterocycles. The number of carbonyl (C=O) groups is 6. The van der Waals surface area contributed by atoms with Crippen LogP contribution in [-0.2, 0) is 28.8 Å². The number of rotatable bonds is 24. The van der Waals surface area contributed by atoms with Crippen LogP contribution in [0.4, 0.5) is 0 Å². The van der Waals surface area contributed by atoms with Crippen LogP contribution < -0.4 is 0 Å². The van der Waals surface area contributed by atoms with Crippen LogP contribution in [0.3, 0.4) is 0 Å². The molecule has 6 N–H and O–H groups in total. The van der Waals surface area contributed by atoms with Gasteiger partial charge in [0.1, 0.15) is 0 Å². The predicted octanol–water partition coefficient (Wildman–Crippen LogP) is 5.66. The van der Waals surface area contributed by atoms with Crippen LogP contribution in [0, 0.1) is 71.2 Å². The first-order valence-corrected chi connectivity index (χ1v) is 13.7. The smallest absolute Gasteiger partial charge is 0.303 e. The summed E-state index contributed by atoms with van der Waals surface area (Å²) in [5, 5.41) is 49.9. The zero-order valence-corrected chi connectivity index (χ0v) is 31.4. The molecule has 234 valence electrons. The van der Waals surface area contributed by atoms with E-state index < -0.39 is 35.8 Å². The number of carboxylic acids is 6. The van der Waals surface area contributed by atoms with Crippen molar-refractivity contribution in [2.75, 3.05) is 0 Å². The monoisotopic (exact) mass is 842 g/mol. The van der Waals surface area contributed by atoms with E-state index in [-0.39, 0.29) is 110 Å². The summed E-state index contributed by atoms with van der Waals surface area (Å²) < 4.78 is 0. The molecule has 0 unspecified atom stereocenters. The summed E-state index contributed by atoms with van der Waals surface area (Å²) in [6, 6.07) is 0. The fourth-order valence-electron chi connectivity index (χ4n) is 3.25. The summed E-state index contributed by atoms with van der Waals surface area (Å²) >= 11 is 0. The summed E-state index contributed by atoms with van der Waals surface area (Å²) in [4.78, 5) is 60.6. The van der Waals surface area contributed by atoms with Gasteiger partial charge in [-0.1, -0.05) is 57.8 Å². The number of unbranched alkanes of at least 4 members (excludes halogenated alkanes) is 12. The van der Waals surface area contributed by atoms with Gasteiger partial charge in [0.25, 0.3) is 0 Å². The molecule has 0 aromatic heterocycles. The molecule has 0 aromatic rings. The van der Waals surface area contributed by atoms with Gasteiger partial charge in [0.2, 0.25) is 0 Å². The van der Waals surface area contributed by atoms with Crippen molar-refractivity contribution in [2.45, 2.75) is 135 Å². The summed E-state index contributed by atoms with van der Waals surface area (Å²) in [5.74, 6) is -4.55. The quantitative estimate of drug-likeness (QED) is 0.0648. The van der Waals surface area contributed by atoms with E-state index in [0.29, 0.717) is 38.5 Å². The number of hydrogen-bond donors (Lipinski definition) is 6. The van der Waals surface area contributed by atoms with Crippen molar-refractivity contribution in [3.63, 3.8) is 0 Å². The second-order valence-electron chi connectivity index (χ2n) is 9.17. The van der Waals surface area contributed by atoms with E-state index in [4.69, 9.17) is 30.6 Å². The van der Waals surface area contributed by atoms with Crippen molar-refractivity contribution in [3.05, 3.63) is 0 Å². The first-order valence-electron chi connectivity index (χ1n) is 13.7. The molecule has 0 aliphatic heterocycles. The molecule has 0 aromatic carbocycles. The van der Waals surface area contributed by atoms with Crippen LogP contribution in [0.15, 0.2) is 0 Å². The Bertz CT molecular complexity index is 543. The van der Waals surface area contributed by atoms with Crippen LogP contribution in [0.5, 0.6) is 0 Å². The first-order chi connectivity index (χ1) is 18.4. The SMILES string of the molecule is O=C(O)CCCCCCCC(=O)O.O=C(O)CCCCCCCC(=O)O.O=C(O)CCCCCCCC(=O)O.[La].[La]. The Kier molecular flexibility index (Phi) is 47.7. The van der Waals surface area contributed by atoms with E-state index in [1.807, 2.05) is 0 Å². The standard InChI is InChI=1S/3C9H16O4.2La/c3*10-8(11)6-4-2-1-3-5-7-9(12)13;;/h3*1-7H2,(H,10,11)(H,12,13);;. The molecule has 14 heteroatoms. The molecule has 0 aliphatic rings. The molecule has 0 bridgehead atoms. The first kappa shape index (κ1) is 49.9. The average Bonchev–Trinajstić information content (AvgIpc) is 2.82. The number of aliphatic carboxylic acids is 6. The molecule has 2 radical (unpaired) electrons. The van der Waals surface area contributed by atoms with E-state index in [2.05, 4.69) is 0 Å². The molecule has 0 atom stereocenters.